The van der Waals surface area contributed by atoms with Crippen LogP contribution in [0.3, 0.4) is 0 Å². The van der Waals surface area contributed by atoms with Crippen LogP contribution in [0, 0.1) is 0 Å². The first-order chi connectivity index (χ1) is 13.8. The summed E-state index contributed by atoms with van der Waals surface area (Å²) in [5.74, 6) is 0.514. The predicted octanol–water partition coefficient (Wildman–Crippen LogP) is 1.73. The highest BCUT2D eigenvalue weighted by molar-refractivity contribution is 5.74. The number of aromatic amines is 1. The molecule has 5 heterocycles. The number of hydrogen-bond donors (Lipinski definition) is 1. The van der Waals surface area contributed by atoms with Crippen molar-refractivity contribution in [2.75, 3.05) is 6.54 Å². The Morgan fingerprint density at radius 1 is 1.11 bits per heavy atom. The fourth-order valence-electron chi connectivity index (χ4n) is 3.48. The van der Waals surface area contributed by atoms with Crippen molar-refractivity contribution in [3.63, 3.8) is 0 Å². The van der Waals surface area contributed by atoms with Gasteiger partial charge < -0.3 is 4.98 Å². The van der Waals surface area contributed by atoms with Crippen LogP contribution < -0.4 is 5.56 Å². The molecule has 0 amide bonds. The van der Waals surface area contributed by atoms with Gasteiger partial charge in [-0.3, -0.25) is 9.69 Å². The summed E-state index contributed by atoms with van der Waals surface area (Å²) in [6, 6.07) is 7.95. The molecule has 8 heteroatoms. The van der Waals surface area contributed by atoms with E-state index in [9.17, 15) is 4.79 Å². The lowest BCUT2D eigenvalue weighted by molar-refractivity contribution is 0.239. The summed E-state index contributed by atoms with van der Waals surface area (Å²) in [6.07, 6.45) is 7.20. The molecule has 0 aromatic carbocycles. The number of pyridine rings is 2. The van der Waals surface area contributed by atoms with Crippen LogP contribution in [0.5, 0.6) is 0 Å². The molecule has 1 N–H and O–H groups in total. The summed E-state index contributed by atoms with van der Waals surface area (Å²) in [4.78, 5) is 39.3. The second kappa shape index (κ2) is 6.90. The normalized spacial score (nSPS) is 14.1. The summed E-state index contributed by atoms with van der Waals surface area (Å²) in [5.41, 5.74) is 3.83. The Hall–Kier alpha value is -3.52. The Balaban J connectivity index is 1.39. The molecule has 28 heavy (non-hydrogen) atoms. The fraction of sp³-hybridized carbons (Fsp3) is 0.200. The van der Waals surface area contributed by atoms with Crippen LogP contribution in [0.25, 0.3) is 22.4 Å². The summed E-state index contributed by atoms with van der Waals surface area (Å²) < 4.78 is 0. The molecule has 0 radical (unpaired) electrons. The summed E-state index contributed by atoms with van der Waals surface area (Å²) in [5, 5.41) is 1.02. The lowest BCUT2D eigenvalue weighted by Gasteiger charge is -2.27. The summed E-state index contributed by atoms with van der Waals surface area (Å²) in [7, 11) is 0. The lowest BCUT2D eigenvalue weighted by atomic mass is 10.1. The molecule has 0 bridgehead atoms. The van der Waals surface area contributed by atoms with Crippen molar-refractivity contribution in [2.45, 2.75) is 19.5 Å². The van der Waals surface area contributed by atoms with E-state index in [-0.39, 0.29) is 5.56 Å². The number of fused-ring (bicyclic) bond motifs is 2. The first-order valence-corrected chi connectivity index (χ1v) is 9.07. The van der Waals surface area contributed by atoms with Gasteiger partial charge in [0, 0.05) is 50.0 Å². The van der Waals surface area contributed by atoms with Crippen molar-refractivity contribution >= 4 is 11.0 Å². The first-order valence-electron chi connectivity index (χ1n) is 9.07. The Morgan fingerprint density at radius 2 is 2.00 bits per heavy atom. The van der Waals surface area contributed by atoms with Crippen LogP contribution in [0.4, 0.5) is 0 Å². The summed E-state index contributed by atoms with van der Waals surface area (Å²) >= 11 is 0. The molecule has 1 aliphatic rings. The van der Waals surface area contributed by atoms with E-state index in [4.69, 9.17) is 0 Å². The van der Waals surface area contributed by atoms with E-state index < -0.39 is 0 Å². The zero-order valence-electron chi connectivity index (χ0n) is 15.0. The Bertz CT molecular complexity index is 1210. The lowest BCUT2D eigenvalue weighted by Crippen LogP contribution is -2.35. The number of H-pyrrole nitrogens is 1. The van der Waals surface area contributed by atoms with Crippen molar-refractivity contribution in [3.05, 3.63) is 76.5 Å². The molecular weight excluding hydrogens is 354 g/mol. The van der Waals surface area contributed by atoms with E-state index in [1.807, 2.05) is 24.3 Å². The molecule has 0 spiro atoms. The van der Waals surface area contributed by atoms with E-state index in [1.165, 1.54) is 6.33 Å². The predicted molar refractivity (Wildman–Crippen MR) is 103 cm³/mol. The topological polar surface area (TPSA) is 101 Å². The van der Waals surface area contributed by atoms with E-state index >= 15 is 0 Å². The minimum Gasteiger partial charge on any atom is -0.306 e. The van der Waals surface area contributed by atoms with Crippen molar-refractivity contribution in [3.8, 4) is 11.4 Å². The van der Waals surface area contributed by atoms with Gasteiger partial charge in [0.25, 0.3) is 5.56 Å². The maximum Gasteiger partial charge on any atom is 0.255 e. The molecule has 4 aromatic heterocycles. The third-order valence-corrected chi connectivity index (χ3v) is 4.89. The highest BCUT2D eigenvalue weighted by Crippen LogP contribution is 2.19. The van der Waals surface area contributed by atoms with Crippen molar-refractivity contribution in [1.82, 2.24) is 34.8 Å². The molecule has 1 aliphatic heterocycles. The molecule has 0 fully saturated rings. The van der Waals surface area contributed by atoms with Gasteiger partial charge in [0.1, 0.15) is 12.2 Å². The van der Waals surface area contributed by atoms with Crippen LogP contribution in [0.15, 0.2) is 54.0 Å². The molecule has 5 rings (SSSR count). The maximum absolute atomic E-state index is 12.6. The van der Waals surface area contributed by atoms with E-state index in [2.05, 4.69) is 34.8 Å². The Labute approximate surface area is 160 Å². The minimum absolute atomic E-state index is 0.110. The second-order valence-electron chi connectivity index (χ2n) is 6.78. The van der Waals surface area contributed by atoms with E-state index in [0.29, 0.717) is 36.5 Å². The highest BCUT2D eigenvalue weighted by Gasteiger charge is 2.22. The van der Waals surface area contributed by atoms with Gasteiger partial charge in [-0.2, -0.15) is 0 Å². The first kappa shape index (κ1) is 16.6. The van der Waals surface area contributed by atoms with Gasteiger partial charge in [-0.05, 0) is 24.3 Å². The fourth-order valence-corrected chi connectivity index (χ4v) is 3.48. The number of hydrogen-bond acceptors (Lipinski definition) is 7. The van der Waals surface area contributed by atoms with Crippen LogP contribution in [0.2, 0.25) is 0 Å². The second-order valence-corrected chi connectivity index (χ2v) is 6.78. The average Bonchev–Trinajstić information content (AvgIpc) is 2.74. The highest BCUT2D eigenvalue weighted by atomic mass is 16.1. The van der Waals surface area contributed by atoms with Gasteiger partial charge in [0.15, 0.2) is 5.65 Å². The minimum atomic E-state index is -0.110. The zero-order valence-corrected chi connectivity index (χ0v) is 15.0. The molecule has 0 atom stereocenters. The molecular formula is C20H17N7O. The van der Waals surface area contributed by atoms with Gasteiger partial charge in [-0.1, -0.05) is 0 Å². The van der Waals surface area contributed by atoms with Gasteiger partial charge in [0.05, 0.1) is 22.5 Å². The van der Waals surface area contributed by atoms with Gasteiger partial charge >= 0.3 is 0 Å². The van der Waals surface area contributed by atoms with Crippen molar-refractivity contribution in [1.29, 1.82) is 0 Å². The molecule has 8 nitrogen and oxygen atoms in total. The SMILES string of the molecule is O=c1[nH]c(-c2cncnc2)nc2c1CN(Cc1ccc3cccnc3n1)CC2. The van der Waals surface area contributed by atoms with Gasteiger partial charge in [-0.15, -0.1) is 0 Å². The Kier molecular flexibility index (Phi) is 4.10. The largest absolute Gasteiger partial charge is 0.306 e. The van der Waals surface area contributed by atoms with Crippen molar-refractivity contribution < 1.29 is 0 Å². The van der Waals surface area contributed by atoms with E-state index in [1.54, 1.807) is 18.6 Å². The number of nitrogens with one attached hydrogen (secondary N) is 1. The molecule has 0 unspecified atom stereocenters. The molecule has 0 saturated heterocycles. The summed E-state index contributed by atoms with van der Waals surface area (Å²) in [6.45, 7) is 2.03. The maximum atomic E-state index is 12.6. The number of nitrogens with zero attached hydrogens (tertiary/aromatic N) is 6. The van der Waals surface area contributed by atoms with E-state index in [0.717, 1.165) is 29.0 Å². The third kappa shape index (κ3) is 3.14. The number of rotatable bonds is 3. The standard InChI is InChI=1S/C20H17N7O/c28-20-16-11-27(10-15-4-3-13-2-1-6-23-18(13)24-15)7-5-17(16)25-19(26-20)14-8-21-12-22-9-14/h1-4,6,8-9,12H,5,7,10-11H2,(H,25,26,28). The Morgan fingerprint density at radius 3 is 2.89 bits per heavy atom. The van der Waals surface area contributed by atoms with Crippen LogP contribution in [-0.4, -0.2) is 41.3 Å². The monoisotopic (exact) mass is 371 g/mol. The average molecular weight is 371 g/mol. The zero-order chi connectivity index (χ0) is 18.9. The van der Waals surface area contributed by atoms with Gasteiger partial charge in [0.2, 0.25) is 0 Å². The molecule has 0 aliphatic carbocycles. The number of aromatic nitrogens is 6. The van der Waals surface area contributed by atoms with Crippen LogP contribution >= 0.6 is 0 Å². The quantitative estimate of drug-likeness (QED) is 0.585. The molecule has 0 saturated carbocycles. The van der Waals surface area contributed by atoms with Crippen LogP contribution in [0.1, 0.15) is 17.0 Å². The third-order valence-electron chi connectivity index (χ3n) is 4.89. The van der Waals surface area contributed by atoms with Crippen molar-refractivity contribution in [2.24, 2.45) is 0 Å². The van der Waals surface area contributed by atoms with Crippen LogP contribution in [-0.2, 0) is 19.5 Å². The molecule has 4 aromatic rings. The smallest absolute Gasteiger partial charge is 0.255 e. The molecule has 138 valence electrons. The van der Waals surface area contributed by atoms with Gasteiger partial charge in [-0.25, -0.2) is 24.9 Å².